The van der Waals surface area contributed by atoms with Crippen LogP contribution in [-0.2, 0) is 4.74 Å². The molecule has 0 bridgehead atoms. The topological polar surface area (TPSA) is 49.8 Å². The molecule has 1 amide bonds. The van der Waals surface area contributed by atoms with Crippen LogP contribution in [-0.4, -0.2) is 47.8 Å². The van der Waals surface area contributed by atoms with E-state index in [1.807, 2.05) is 12.3 Å². The number of hydrogen-bond acceptors (Lipinski definition) is 5. The van der Waals surface area contributed by atoms with Gasteiger partial charge in [0.15, 0.2) is 0 Å². The number of carbonyl (C=O) groups excluding carboxylic acids is 1. The second-order valence-electron chi connectivity index (χ2n) is 4.13. The predicted octanol–water partition coefficient (Wildman–Crippen LogP) is 1.26. The summed E-state index contributed by atoms with van der Waals surface area (Å²) in [5.41, 5.74) is 0. The molecule has 1 fully saturated rings. The van der Waals surface area contributed by atoms with Crippen LogP contribution in [0.3, 0.4) is 0 Å². The van der Waals surface area contributed by atoms with E-state index in [0.717, 1.165) is 4.90 Å². The number of aliphatic hydroxyl groups is 1. The molecule has 2 unspecified atom stereocenters. The van der Waals surface area contributed by atoms with Crippen LogP contribution >= 0.6 is 24.0 Å². The van der Waals surface area contributed by atoms with E-state index in [4.69, 9.17) is 9.84 Å². The Bertz CT molecular complexity index is 407. The molecule has 0 aromatic carbocycles. The van der Waals surface area contributed by atoms with Gasteiger partial charge in [0.2, 0.25) is 0 Å². The zero-order valence-corrected chi connectivity index (χ0v) is 11.2. The first kappa shape index (κ1) is 12.9. The van der Waals surface area contributed by atoms with Crippen molar-refractivity contribution in [3.63, 3.8) is 0 Å². The van der Waals surface area contributed by atoms with Crippen molar-refractivity contribution in [2.24, 2.45) is 0 Å². The fraction of sp³-hybridized carbons (Fsp3) is 0.545. The number of amides is 1. The molecular formula is C11H15NO3S2. The van der Waals surface area contributed by atoms with Crippen molar-refractivity contribution in [2.45, 2.75) is 24.0 Å². The van der Waals surface area contributed by atoms with Crippen molar-refractivity contribution in [3.8, 4) is 0 Å². The highest BCUT2D eigenvalue weighted by Gasteiger charge is 2.29. The smallest absolute Gasteiger partial charge is 0.264 e. The van der Waals surface area contributed by atoms with E-state index in [9.17, 15) is 4.79 Å². The van der Waals surface area contributed by atoms with Gasteiger partial charge in [-0.3, -0.25) is 4.79 Å². The quantitative estimate of drug-likeness (QED) is 0.798. The lowest BCUT2D eigenvalue weighted by Gasteiger charge is -2.35. The van der Waals surface area contributed by atoms with Gasteiger partial charge in [0.25, 0.3) is 5.91 Å². The number of aliphatic hydroxyl groups excluding tert-OH is 1. The molecular weight excluding hydrogens is 258 g/mol. The molecule has 0 radical (unpaired) electrons. The van der Waals surface area contributed by atoms with Crippen LogP contribution in [0.25, 0.3) is 0 Å². The normalized spacial score (nSPS) is 25.0. The van der Waals surface area contributed by atoms with E-state index in [-0.39, 0.29) is 24.7 Å². The number of nitrogens with zero attached hydrogens (tertiary/aromatic N) is 1. The van der Waals surface area contributed by atoms with Crippen molar-refractivity contribution in [2.75, 3.05) is 19.7 Å². The number of thiophene rings is 1. The van der Waals surface area contributed by atoms with Gasteiger partial charge in [-0.2, -0.15) is 0 Å². The average molecular weight is 273 g/mol. The fourth-order valence-corrected chi connectivity index (χ4v) is 3.02. The maximum Gasteiger partial charge on any atom is 0.264 e. The van der Waals surface area contributed by atoms with Crippen LogP contribution in [0.4, 0.5) is 0 Å². The van der Waals surface area contributed by atoms with Crippen LogP contribution in [0.15, 0.2) is 16.3 Å². The molecule has 1 aromatic heterocycles. The van der Waals surface area contributed by atoms with Crippen LogP contribution < -0.4 is 0 Å². The van der Waals surface area contributed by atoms with Crippen LogP contribution in [0.1, 0.15) is 16.6 Å². The second kappa shape index (κ2) is 5.39. The summed E-state index contributed by atoms with van der Waals surface area (Å²) in [5, 5.41) is 10.9. The maximum absolute atomic E-state index is 12.2. The predicted molar refractivity (Wildman–Crippen MR) is 68.9 cm³/mol. The van der Waals surface area contributed by atoms with Crippen LogP contribution in [0.2, 0.25) is 0 Å². The number of thiol groups is 1. The van der Waals surface area contributed by atoms with Gasteiger partial charge in [0, 0.05) is 23.4 Å². The summed E-state index contributed by atoms with van der Waals surface area (Å²) >= 11 is 5.58. The lowest BCUT2D eigenvalue weighted by molar-refractivity contribution is -0.0857. The Labute approximate surface area is 110 Å². The van der Waals surface area contributed by atoms with Crippen molar-refractivity contribution in [1.29, 1.82) is 0 Å². The first-order valence-electron chi connectivity index (χ1n) is 5.43. The lowest BCUT2D eigenvalue weighted by Crippen LogP contribution is -2.50. The highest BCUT2D eigenvalue weighted by Crippen LogP contribution is 2.21. The third-order valence-electron chi connectivity index (χ3n) is 2.61. The summed E-state index contributed by atoms with van der Waals surface area (Å²) in [6, 6.07) is 1.77. The fourth-order valence-electron chi connectivity index (χ4n) is 1.91. The third-order valence-corrected chi connectivity index (χ3v) is 3.96. The number of hydrogen-bond donors (Lipinski definition) is 2. The number of carbonyl (C=O) groups is 1. The molecule has 94 valence electrons. The van der Waals surface area contributed by atoms with Gasteiger partial charge in [0.05, 0.1) is 23.7 Å². The van der Waals surface area contributed by atoms with Crippen molar-refractivity contribution in [1.82, 2.24) is 4.90 Å². The van der Waals surface area contributed by atoms with Gasteiger partial charge in [-0.1, -0.05) is 0 Å². The van der Waals surface area contributed by atoms with E-state index in [1.165, 1.54) is 11.3 Å². The number of ether oxygens (including phenoxy) is 1. The molecule has 1 N–H and O–H groups in total. The molecule has 0 aliphatic carbocycles. The third kappa shape index (κ3) is 3.01. The summed E-state index contributed by atoms with van der Waals surface area (Å²) in [5.74, 6) is -0.0103. The monoisotopic (exact) mass is 273 g/mol. The Hall–Kier alpha value is -0.560. The Morgan fingerprint density at radius 1 is 1.71 bits per heavy atom. The highest BCUT2D eigenvalue weighted by atomic mass is 32.1. The first-order chi connectivity index (χ1) is 8.10. The van der Waals surface area contributed by atoms with E-state index in [1.54, 1.807) is 11.0 Å². The molecule has 1 aliphatic heterocycles. The first-order valence-corrected chi connectivity index (χ1v) is 6.76. The van der Waals surface area contributed by atoms with Gasteiger partial charge >= 0.3 is 0 Å². The van der Waals surface area contributed by atoms with Crippen LogP contribution in [0, 0.1) is 0 Å². The standard InChI is InChI=1S/C11H15NO3S2/c1-7-3-12(4-8(5-13)15-7)11(14)10-2-9(16)6-17-10/h2,6-8,13,16H,3-5H2,1H3. The lowest BCUT2D eigenvalue weighted by atomic mass is 10.2. The summed E-state index contributed by atoms with van der Waals surface area (Å²) < 4.78 is 5.50. The molecule has 1 saturated heterocycles. The molecule has 0 spiro atoms. The van der Waals surface area contributed by atoms with Gasteiger partial charge in [-0.25, -0.2) is 0 Å². The van der Waals surface area contributed by atoms with Crippen molar-refractivity contribution < 1.29 is 14.6 Å². The molecule has 0 saturated carbocycles. The second-order valence-corrected chi connectivity index (χ2v) is 5.56. The minimum absolute atomic E-state index is 0.0103. The van der Waals surface area contributed by atoms with Crippen LogP contribution in [0.5, 0.6) is 0 Å². The highest BCUT2D eigenvalue weighted by molar-refractivity contribution is 7.80. The average Bonchev–Trinajstić information content (AvgIpc) is 2.74. The summed E-state index contributed by atoms with van der Waals surface area (Å²) in [6.45, 7) is 2.85. The van der Waals surface area contributed by atoms with Gasteiger partial charge in [-0.05, 0) is 13.0 Å². The van der Waals surface area contributed by atoms with E-state index in [0.29, 0.717) is 18.0 Å². The zero-order valence-electron chi connectivity index (χ0n) is 9.50. The number of rotatable bonds is 2. The Morgan fingerprint density at radius 2 is 2.47 bits per heavy atom. The molecule has 2 atom stereocenters. The minimum atomic E-state index is -0.280. The summed E-state index contributed by atoms with van der Waals surface area (Å²) in [7, 11) is 0. The molecule has 2 heterocycles. The maximum atomic E-state index is 12.2. The van der Waals surface area contributed by atoms with Crippen molar-refractivity contribution >= 4 is 29.9 Å². The van der Waals surface area contributed by atoms with Gasteiger partial charge in [0.1, 0.15) is 0 Å². The SMILES string of the molecule is CC1CN(C(=O)c2cc(S)cs2)CC(CO)O1. The summed E-state index contributed by atoms with van der Waals surface area (Å²) in [6.07, 6.45) is -0.321. The van der Waals surface area contributed by atoms with Crippen molar-refractivity contribution in [3.05, 3.63) is 16.3 Å². The largest absolute Gasteiger partial charge is 0.394 e. The van der Waals surface area contributed by atoms with E-state index >= 15 is 0 Å². The Morgan fingerprint density at radius 3 is 3.06 bits per heavy atom. The zero-order chi connectivity index (χ0) is 12.4. The molecule has 1 aliphatic rings. The van der Waals surface area contributed by atoms with Gasteiger partial charge < -0.3 is 14.7 Å². The number of morpholine rings is 1. The van der Waals surface area contributed by atoms with Gasteiger partial charge in [-0.15, -0.1) is 24.0 Å². The molecule has 17 heavy (non-hydrogen) atoms. The Balaban J connectivity index is 2.08. The molecule has 6 heteroatoms. The minimum Gasteiger partial charge on any atom is -0.394 e. The van der Waals surface area contributed by atoms with E-state index < -0.39 is 0 Å². The molecule has 2 rings (SSSR count). The molecule has 4 nitrogen and oxygen atoms in total. The Kier molecular flexibility index (Phi) is 4.09. The summed E-state index contributed by atoms with van der Waals surface area (Å²) in [4.78, 5) is 15.4. The van der Waals surface area contributed by atoms with E-state index in [2.05, 4.69) is 12.6 Å². The molecule has 1 aromatic rings.